The molecular formula is C20H32. The van der Waals surface area contributed by atoms with Crippen LogP contribution in [0.15, 0.2) is 12.2 Å². The molecule has 2 fully saturated rings. The summed E-state index contributed by atoms with van der Waals surface area (Å²) in [6.07, 6.45) is 18.4. The molecule has 0 heterocycles. The van der Waals surface area contributed by atoms with Crippen molar-refractivity contribution in [2.75, 3.05) is 0 Å². The lowest BCUT2D eigenvalue weighted by atomic mass is 9.69. The van der Waals surface area contributed by atoms with E-state index in [1.807, 2.05) is 0 Å². The SMILES string of the molecule is C/C=C/[C@H]1CC[C@H]([C@H]2CC[C@H](C#CCCC)CC2)CC1. The Morgan fingerprint density at radius 3 is 2.05 bits per heavy atom. The predicted octanol–water partition coefficient (Wildman–Crippen LogP) is 5.98. The van der Waals surface area contributed by atoms with E-state index in [-0.39, 0.29) is 0 Å². The van der Waals surface area contributed by atoms with E-state index in [1.165, 1.54) is 57.8 Å². The van der Waals surface area contributed by atoms with E-state index in [2.05, 4.69) is 37.8 Å². The summed E-state index contributed by atoms with van der Waals surface area (Å²) >= 11 is 0. The van der Waals surface area contributed by atoms with Crippen LogP contribution in [0.25, 0.3) is 0 Å². The second kappa shape index (κ2) is 8.56. The molecule has 0 bridgehead atoms. The largest absolute Gasteiger partial charge is 0.103 e. The fraction of sp³-hybridized carbons (Fsp3) is 0.800. The van der Waals surface area contributed by atoms with Gasteiger partial charge in [-0.25, -0.2) is 0 Å². The molecular weight excluding hydrogens is 240 g/mol. The molecule has 112 valence electrons. The van der Waals surface area contributed by atoms with Crippen molar-refractivity contribution in [1.82, 2.24) is 0 Å². The van der Waals surface area contributed by atoms with E-state index in [0.29, 0.717) is 0 Å². The Balaban J connectivity index is 1.71. The molecule has 0 nitrogen and oxygen atoms in total. The zero-order valence-corrected chi connectivity index (χ0v) is 13.5. The minimum Gasteiger partial charge on any atom is -0.103 e. The van der Waals surface area contributed by atoms with Crippen LogP contribution in [0, 0.1) is 35.5 Å². The summed E-state index contributed by atoms with van der Waals surface area (Å²) in [6.45, 7) is 4.38. The average Bonchev–Trinajstić information content (AvgIpc) is 2.49. The van der Waals surface area contributed by atoms with E-state index >= 15 is 0 Å². The van der Waals surface area contributed by atoms with Gasteiger partial charge in [-0.05, 0) is 82.5 Å². The number of unbranched alkanes of at least 4 members (excludes halogenated alkanes) is 1. The Morgan fingerprint density at radius 2 is 1.50 bits per heavy atom. The molecule has 20 heavy (non-hydrogen) atoms. The summed E-state index contributed by atoms with van der Waals surface area (Å²) in [4.78, 5) is 0. The van der Waals surface area contributed by atoms with Gasteiger partial charge in [0.1, 0.15) is 0 Å². The maximum absolute atomic E-state index is 3.51. The van der Waals surface area contributed by atoms with Crippen molar-refractivity contribution >= 4 is 0 Å². The smallest absolute Gasteiger partial charge is 0.0203 e. The first-order valence-corrected chi connectivity index (χ1v) is 8.94. The number of hydrogen-bond acceptors (Lipinski definition) is 0. The molecule has 0 heteroatoms. The summed E-state index contributed by atoms with van der Waals surface area (Å²) in [5.74, 6) is 10.5. The quantitative estimate of drug-likeness (QED) is 0.438. The standard InChI is InChI=1S/C20H32/c1-3-5-6-8-18-11-15-20(16-12-18)19-13-9-17(7-4-2)10-14-19/h4,7,17-20H,3,5,9-16H2,1-2H3/b7-4+/t17-,18-,19-,20-. The Morgan fingerprint density at radius 1 is 0.900 bits per heavy atom. The van der Waals surface area contributed by atoms with Crippen molar-refractivity contribution in [1.29, 1.82) is 0 Å². The minimum atomic E-state index is 0.720. The molecule has 0 aromatic heterocycles. The molecule has 2 aliphatic rings. The molecule has 0 saturated heterocycles. The van der Waals surface area contributed by atoms with Gasteiger partial charge in [-0.1, -0.05) is 25.0 Å². The van der Waals surface area contributed by atoms with Gasteiger partial charge in [0.15, 0.2) is 0 Å². The Hall–Kier alpha value is -0.700. The van der Waals surface area contributed by atoms with Crippen LogP contribution in [0.5, 0.6) is 0 Å². The third-order valence-corrected chi connectivity index (χ3v) is 5.40. The maximum Gasteiger partial charge on any atom is 0.0203 e. The van der Waals surface area contributed by atoms with Crippen molar-refractivity contribution in [3.8, 4) is 11.8 Å². The summed E-state index contributed by atoms with van der Waals surface area (Å²) in [5.41, 5.74) is 0. The van der Waals surface area contributed by atoms with Gasteiger partial charge in [-0.2, -0.15) is 0 Å². The second-order valence-corrected chi connectivity index (χ2v) is 6.88. The van der Waals surface area contributed by atoms with E-state index in [4.69, 9.17) is 0 Å². The van der Waals surface area contributed by atoms with Crippen LogP contribution in [-0.4, -0.2) is 0 Å². The molecule has 0 radical (unpaired) electrons. The van der Waals surface area contributed by atoms with Crippen LogP contribution < -0.4 is 0 Å². The third kappa shape index (κ3) is 4.69. The number of rotatable bonds is 3. The maximum atomic E-state index is 3.51. The lowest BCUT2D eigenvalue weighted by molar-refractivity contribution is 0.168. The molecule has 0 aromatic rings. The lowest BCUT2D eigenvalue weighted by Gasteiger charge is -2.36. The molecule has 2 saturated carbocycles. The first-order chi connectivity index (χ1) is 9.83. The van der Waals surface area contributed by atoms with Crippen LogP contribution in [0.2, 0.25) is 0 Å². The highest BCUT2D eigenvalue weighted by atomic mass is 14.3. The Labute approximate surface area is 126 Å². The van der Waals surface area contributed by atoms with Crippen molar-refractivity contribution < 1.29 is 0 Å². The lowest BCUT2D eigenvalue weighted by Crippen LogP contribution is -2.25. The van der Waals surface area contributed by atoms with Gasteiger partial charge < -0.3 is 0 Å². The van der Waals surface area contributed by atoms with Crippen molar-refractivity contribution in [3.05, 3.63) is 12.2 Å². The minimum absolute atomic E-state index is 0.720. The Bertz CT molecular complexity index is 338. The van der Waals surface area contributed by atoms with E-state index in [1.54, 1.807) is 0 Å². The molecule has 2 aliphatic carbocycles. The van der Waals surface area contributed by atoms with E-state index in [0.717, 1.165) is 30.1 Å². The normalized spacial score (nSPS) is 34.7. The van der Waals surface area contributed by atoms with Gasteiger partial charge in [0, 0.05) is 12.3 Å². The molecule has 0 aliphatic heterocycles. The zero-order valence-electron chi connectivity index (χ0n) is 13.5. The van der Waals surface area contributed by atoms with Gasteiger partial charge in [-0.3, -0.25) is 0 Å². The van der Waals surface area contributed by atoms with Crippen LogP contribution in [0.3, 0.4) is 0 Å². The fourth-order valence-electron chi connectivity index (χ4n) is 4.16. The van der Waals surface area contributed by atoms with Crippen LogP contribution in [0.4, 0.5) is 0 Å². The molecule has 0 atom stereocenters. The van der Waals surface area contributed by atoms with Crippen molar-refractivity contribution in [3.63, 3.8) is 0 Å². The molecule has 0 unspecified atom stereocenters. The van der Waals surface area contributed by atoms with Gasteiger partial charge in [0.2, 0.25) is 0 Å². The zero-order chi connectivity index (χ0) is 14.2. The van der Waals surface area contributed by atoms with Crippen LogP contribution in [0.1, 0.15) is 78.1 Å². The van der Waals surface area contributed by atoms with Crippen molar-refractivity contribution in [2.24, 2.45) is 23.7 Å². The molecule has 2 rings (SSSR count). The highest BCUT2D eigenvalue weighted by Crippen LogP contribution is 2.41. The summed E-state index contributed by atoms with van der Waals surface area (Å²) in [7, 11) is 0. The summed E-state index contributed by atoms with van der Waals surface area (Å²) in [5, 5.41) is 0. The number of allylic oxidation sites excluding steroid dienone is 2. The average molecular weight is 272 g/mol. The fourth-order valence-corrected chi connectivity index (χ4v) is 4.16. The number of hydrogen-bond donors (Lipinski definition) is 0. The highest BCUT2D eigenvalue weighted by molar-refractivity contribution is 5.05. The Kier molecular flexibility index (Phi) is 6.71. The van der Waals surface area contributed by atoms with E-state index in [9.17, 15) is 0 Å². The highest BCUT2D eigenvalue weighted by Gasteiger charge is 2.29. The first kappa shape index (κ1) is 15.7. The predicted molar refractivity (Wildman–Crippen MR) is 88.4 cm³/mol. The first-order valence-electron chi connectivity index (χ1n) is 8.94. The summed E-state index contributed by atoms with van der Waals surface area (Å²) < 4.78 is 0. The van der Waals surface area contributed by atoms with E-state index < -0.39 is 0 Å². The molecule has 0 aromatic carbocycles. The third-order valence-electron chi connectivity index (χ3n) is 5.40. The monoisotopic (exact) mass is 272 g/mol. The van der Waals surface area contributed by atoms with Gasteiger partial charge >= 0.3 is 0 Å². The molecule has 0 N–H and O–H groups in total. The van der Waals surface area contributed by atoms with Crippen LogP contribution in [-0.2, 0) is 0 Å². The molecule has 0 amide bonds. The summed E-state index contributed by atoms with van der Waals surface area (Å²) in [6, 6.07) is 0. The second-order valence-electron chi connectivity index (χ2n) is 6.88. The topological polar surface area (TPSA) is 0 Å². The van der Waals surface area contributed by atoms with Gasteiger partial charge in [0.05, 0.1) is 0 Å². The van der Waals surface area contributed by atoms with Gasteiger partial charge in [0.25, 0.3) is 0 Å². The van der Waals surface area contributed by atoms with Crippen molar-refractivity contribution in [2.45, 2.75) is 78.1 Å². The van der Waals surface area contributed by atoms with Crippen LogP contribution >= 0.6 is 0 Å². The van der Waals surface area contributed by atoms with Gasteiger partial charge in [-0.15, -0.1) is 5.92 Å². The molecule has 0 spiro atoms.